The fourth-order valence-electron chi connectivity index (χ4n) is 1.80. The molecule has 0 aliphatic heterocycles. The maximum Gasteiger partial charge on any atom is 0.123 e. The molecule has 0 heterocycles. The summed E-state index contributed by atoms with van der Waals surface area (Å²) in [5, 5.41) is 3.33. The van der Waals surface area contributed by atoms with Crippen LogP contribution in [0, 0.1) is 5.82 Å². The van der Waals surface area contributed by atoms with Gasteiger partial charge < -0.3 is 11.1 Å². The van der Waals surface area contributed by atoms with Crippen molar-refractivity contribution in [3.8, 4) is 0 Å². The molecule has 2 aromatic rings. The lowest BCUT2D eigenvalue weighted by Crippen LogP contribution is -2.17. The van der Waals surface area contributed by atoms with E-state index in [0.29, 0.717) is 0 Å². The van der Waals surface area contributed by atoms with Crippen LogP contribution < -0.4 is 11.1 Å². The summed E-state index contributed by atoms with van der Waals surface area (Å²) in [4.78, 5) is 0. The highest BCUT2D eigenvalue weighted by Gasteiger charge is 1.97. The van der Waals surface area contributed by atoms with E-state index in [4.69, 9.17) is 5.73 Å². The Labute approximate surface area is 107 Å². The topological polar surface area (TPSA) is 38.0 Å². The van der Waals surface area contributed by atoms with E-state index in [2.05, 4.69) is 5.32 Å². The van der Waals surface area contributed by atoms with E-state index < -0.39 is 0 Å². The molecule has 3 heteroatoms. The van der Waals surface area contributed by atoms with Gasteiger partial charge >= 0.3 is 0 Å². The predicted molar refractivity (Wildman–Crippen MR) is 72.7 cm³/mol. The first kappa shape index (κ1) is 12.6. The fourth-order valence-corrected chi connectivity index (χ4v) is 1.80. The van der Waals surface area contributed by atoms with Gasteiger partial charge in [-0.15, -0.1) is 0 Å². The second-order valence-electron chi connectivity index (χ2n) is 4.25. The zero-order valence-electron chi connectivity index (χ0n) is 10.2. The van der Waals surface area contributed by atoms with Crippen molar-refractivity contribution >= 4 is 5.69 Å². The van der Waals surface area contributed by atoms with Crippen LogP contribution in [-0.4, -0.2) is 6.54 Å². The molecule has 0 aromatic heterocycles. The van der Waals surface area contributed by atoms with Gasteiger partial charge in [0, 0.05) is 12.2 Å². The van der Waals surface area contributed by atoms with Crippen molar-refractivity contribution in [1.29, 1.82) is 0 Å². The van der Waals surface area contributed by atoms with E-state index in [0.717, 1.165) is 36.3 Å². The number of benzene rings is 2. The molecule has 0 saturated carbocycles. The van der Waals surface area contributed by atoms with Gasteiger partial charge in [-0.2, -0.15) is 0 Å². The van der Waals surface area contributed by atoms with Crippen LogP contribution in [0.2, 0.25) is 0 Å². The largest absolute Gasteiger partial charge is 0.398 e. The number of nitrogen functional groups attached to an aromatic ring is 1. The lowest BCUT2D eigenvalue weighted by Gasteiger charge is -2.07. The smallest absolute Gasteiger partial charge is 0.123 e. The number of anilines is 1. The molecule has 0 unspecified atom stereocenters. The van der Waals surface area contributed by atoms with Gasteiger partial charge in [-0.25, -0.2) is 4.39 Å². The monoisotopic (exact) mass is 244 g/mol. The number of nitrogens with two attached hydrogens (primary N) is 1. The first-order chi connectivity index (χ1) is 8.75. The summed E-state index contributed by atoms with van der Waals surface area (Å²) >= 11 is 0. The zero-order valence-corrected chi connectivity index (χ0v) is 10.2. The Morgan fingerprint density at radius 1 is 1.00 bits per heavy atom. The number of para-hydroxylation sites is 1. The molecule has 0 saturated heterocycles. The highest BCUT2D eigenvalue weighted by molar-refractivity contribution is 5.46. The molecule has 0 bridgehead atoms. The van der Waals surface area contributed by atoms with Crippen molar-refractivity contribution in [3.63, 3.8) is 0 Å². The summed E-state index contributed by atoms with van der Waals surface area (Å²) < 4.78 is 12.7. The van der Waals surface area contributed by atoms with Gasteiger partial charge in [-0.1, -0.05) is 30.3 Å². The molecular formula is C15H17FN2. The van der Waals surface area contributed by atoms with Gasteiger partial charge in [-0.05, 0) is 42.3 Å². The number of rotatable bonds is 5. The lowest BCUT2D eigenvalue weighted by molar-refractivity contribution is 0.626. The number of hydrogen-bond donors (Lipinski definition) is 2. The highest BCUT2D eigenvalue weighted by Crippen LogP contribution is 2.09. The quantitative estimate of drug-likeness (QED) is 0.627. The van der Waals surface area contributed by atoms with E-state index >= 15 is 0 Å². The van der Waals surface area contributed by atoms with Crippen LogP contribution >= 0.6 is 0 Å². The Morgan fingerprint density at radius 2 is 1.72 bits per heavy atom. The molecule has 2 aromatic carbocycles. The average Bonchev–Trinajstić information content (AvgIpc) is 2.39. The number of nitrogens with one attached hydrogen (secondary N) is 1. The van der Waals surface area contributed by atoms with Crippen molar-refractivity contribution in [3.05, 3.63) is 65.5 Å². The molecule has 0 spiro atoms. The van der Waals surface area contributed by atoms with Gasteiger partial charge in [0.15, 0.2) is 0 Å². The van der Waals surface area contributed by atoms with Crippen LogP contribution in [0.25, 0.3) is 0 Å². The van der Waals surface area contributed by atoms with Gasteiger partial charge in [0.2, 0.25) is 0 Å². The van der Waals surface area contributed by atoms with Crippen LogP contribution in [0.4, 0.5) is 10.1 Å². The summed E-state index contributed by atoms with van der Waals surface area (Å²) in [7, 11) is 0. The van der Waals surface area contributed by atoms with Crippen molar-refractivity contribution in [2.24, 2.45) is 0 Å². The minimum atomic E-state index is -0.191. The SMILES string of the molecule is Nc1ccccc1CNCCc1ccc(F)cc1. The molecule has 2 rings (SSSR count). The molecule has 3 N–H and O–H groups in total. The molecule has 0 aliphatic rings. The predicted octanol–water partition coefficient (Wildman–Crippen LogP) is 2.74. The average molecular weight is 244 g/mol. The Bertz CT molecular complexity index is 494. The molecule has 0 fully saturated rings. The Hall–Kier alpha value is -1.87. The van der Waals surface area contributed by atoms with Crippen LogP contribution in [0.3, 0.4) is 0 Å². The highest BCUT2D eigenvalue weighted by atomic mass is 19.1. The van der Waals surface area contributed by atoms with Crippen molar-refractivity contribution < 1.29 is 4.39 Å². The molecule has 94 valence electrons. The first-order valence-electron chi connectivity index (χ1n) is 6.04. The van der Waals surface area contributed by atoms with Crippen LogP contribution in [-0.2, 0) is 13.0 Å². The third-order valence-electron chi connectivity index (χ3n) is 2.87. The van der Waals surface area contributed by atoms with E-state index in [1.54, 1.807) is 0 Å². The molecule has 2 nitrogen and oxygen atoms in total. The van der Waals surface area contributed by atoms with Crippen molar-refractivity contribution in [1.82, 2.24) is 5.32 Å². The van der Waals surface area contributed by atoms with Gasteiger partial charge in [-0.3, -0.25) is 0 Å². The van der Waals surface area contributed by atoms with Gasteiger partial charge in [0.1, 0.15) is 5.82 Å². The minimum Gasteiger partial charge on any atom is -0.398 e. The first-order valence-corrected chi connectivity index (χ1v) is 6.04. The minimum absolute atomic E-state index is 0.191. The maximum absolute atomic E-state index is 12.7. The van der Waals surface area contributed by atoms with Crippen molar-refractivity contribution in [2.45, 2.75) is 13.0 Å². The Kier molecular flexibility index (Phi) is 4.31. The maximum atomic E-state index is 12.7. The third-order valence-corrected chi connectivity index (χ3v) is 2.87. The zero-order chi connectivity index (χ0) is 12.8. The van der Waals surface area contributed by atoms with Crippen LogP contribution in [0.15, 0.2) is 48.5 Å². The number of hydrogen-bond acceptors (Lipinski definition) is 2. The normalized spacial score (nSPS) is 10.5. The van der Waals surface area contributed by atoms with E-state index in [1.807, 2.05) is 36.4 Å². The molecular weight excluding hydrogens is 227 g/mol. The van der Waals surface area contributed by atoms with Gasteiger partial charge in [0.05, 0.1) is 0 Å². The lowest BCUT2D eigenvalue weighted by atomic mass is 10.1. The summed E-state index contributed by atoms with van der Waals surface area (Å²) in [6, 6.07) is 14.4. The van der Waals surface area contributed by atoms with Crippen LogP contribution in [0.5, 0.6) is 0 Å². The van der Waals surface area contributed by atoms with Gasteiger partial charge in [0.25, 0.3) is 0 Å². The van der Waals surface area contributed by atoms with Crippen LogP contribution in [0.1, 0.15) is 11.1 Å². The fraction of sp³-hybridized carbons (Fsp3) is 0.200. The summed E-state index contributed by atoms with van der Waals surface area (Å²) in [6.45, 7) is 1.60. The molecule has 0 amide bonds. The molecule has 0 radical (unpaired) electrons. The summed E-state index contributed by atoms with van der Waals surface area (Å²) in [6.07, 6.45) is 0.882. The van der Waals surface area contributed by atoms with E-state index in [-0.39, 0.29) is 5.82 Å². The van der Waals surface area contributed by atoms with E-state index in [1.165, 1.54) is 12.1 Å². The van der Waals surface area contributed by atoms with E-state index in [9.17, 15) is 4.39 Å². The Balaban J connectivity index is 1.76. The summed E-state index contributed by atoms with van der Waals surface area (Å²) in [5.74, 6) is -0.191. The third kappa shape index (κ3) is 3.57. The second-order valence-corrected chi connectivity index (χ2v) is 4.25. The molecule has 0 atom stereocenters. The summed E-state index contributed by atoms with van der Waals surface area (Å²) in [5.41, 5.74) is 8.90. The Morgan fingerprint density at radius 3 is 2.44 bits per heavy atom. The molecule has 18 heavy (non-hydrogen) atoms. The van der Waals surface area contributed by atoms with Crippen molar-refractivity contribution in [2.75, 3.05) is 12.3 Å². The standard InChI is InChI=1S/C15H17FN2/c16-14-7-5-12(6-8-14)9-10-18-11-13-3-1-2-4-15(13)17/h1-8,18H,9-11,17H2. The number of halogens is 1. The second kappa shape index (κ2) is 6.17. The molecule has 0 aliphatic carbocycles.